The van der Waals surface area contributed by atoms with E-state index in [0.717, 1.165) is 0 Å². The molecule has 0 amide bonds. The first-order valence-corrected chi connectivity index (χ1v) is 18.8. The minimum absolute atomic E-state index is 0.134. The van der Waals surface area contributed by atoms with E-state index in [1.54, 1.807) is 0 Å². The second-order valence-electron chi connectivity index (χ2n) is 14.0. The van der Waals surface area contributed by atoms with Crippen molar-refractivity contribution >= 4 is 37.3 Å². The maximum absolute atomic E-state index is 7.81. The average molecular weight is 607 g/mol. The lowest BCUT2D eigenvalue weighted by atomic mass is 9.70. The summed E-state index contributed by atoms with van der Waals surface area (Å²) in [7, 11) is -1.50. The second kappa shape index (κ2) is 11.9. The number of hydrogen-bond donors (Lipinski definition) is 0. The number of hydrogen-bond acceptors (Lipinski definition) is 1. The molecule has 2 fully saturated rings. The molecule has 0 spiro atoms. The molecule has 43 heavy (non-hydrogen) atoms. The van der Waals surface area contributed by atoms with Crippen LogP contribution in [0.5, 0.6) is 0 Å². The summed E-state index contributed by atoms with van der Waals surface area (Å²) >= 11 is 0. The molecule has 2 aliphatic rings. The molecule has 0 radical (unpaired) electrons. The van der Waals surface area contributed by atoms with Crippen molar-refractivity contribution in [2.75, 3.05) is 6.16 Å². The zero-order valence-corrected chi connectivity index (χ0v) is 29.2. The fourth-order valence-electron chi connectivity index (χ4n) is 8.68. The molecule has 1 nitrogen and oxygen atoms in total. The normalized spacial score (nSPS) is 22.6. The van der Waals surface area contributed by atoms with E-state index < -0.39 is 16.1 Å². The lowest BCUT2D eigenvalue weighted by molar-refractivity contribution is 0.0437. The smallest absolute Gasteiger partial charge is 0.0932 e. The third-order valence-electron chi connectivity index (χ3n) is 10.8. The summed E-state index contributed by atoms with van der Waals surface area (Å²) in [6.45, 7) is 18.8. The fraction of sp³-hybridized carbons (Fsp3) is 0.400. The van der Waals surface area contributed by atoms with Gasteiger partial charge in [0, 0.05) is 16.0 Å². The van der Waals surface area contributed by atoms with Gasteiger partial charge in [-0.15, -0.1) is 0 Å². The van der Waals surface area contributed by atoms with Crippen LogP contribution in [0, 0.1) is 58.3 Å². The van der Waals surface area contributed by atoms with Gasteiger partial charge in [-0.05, 0) is 119 Å². The van der Waals surface area contributed by atoms with Crippen LogP contribution in [0.3, 0.4) is 0 Å². The molecular weight excluding hydrogens is 558 g/mol. The van der Waals surface area contributed by atoms with Gasteiger partial charge in [-0.25, -0.2) is 0 Å². The molecule has 2 saturated carbocycles. The molecular formula is C40H48OP2. The first-order valence-electron chi connectivity index (χ1n) is 16.0. The summed E-state index contributed by atoms with van der Waals surface area (Å²) in [6.07, 6.45) is 5.18. The van der Waals surface area contributed by atoms with Crippen LogP contribution >= 0.6 is 16.1 Å². The first-order chi connectivity index (χ1) is 20.5. The number of rotatable bonds is 8. The SMILES string of the molecule is Cc1cc(C)c(P(O[C@@H]2C[C@H]3CC[C@]2(CP(c2ccccc2)c2ccccc2)C3(C)C)c2c(C)cc(C)cc2C)c(C)c1. The highest BCUT2D eigenvalue weighted by molar-refractivity contribution is 7.73. The van der Waals surface area contributed by atoms with E-state index >= 15 is 0 Å². The molecule has 0 heterocycles. The Morgan fingerprint density at radius 1 is 0.674 bits per heavy atom. The van der Waals surface area contributed by atoms with Crippen LogP contribution in [0.1, 0.15) is 66.5 Å². The van der Waals surface area contributed by atoms with Gasteiger partial charge in [0.15, 0.2) is 0 Å². The Kier molecular flexibility index (Phi) is 8.50. The van der Waals surface area contributed by atoms with Crippen LogP contribution in [0.15, 0.2) is 84.9 Å². The van der Waals surface area contributed by atoms with Crippen molar-refractivity contribution in [1.82, 2.24) is 0 Å². The molecule has 224 valence electrons. The van der Waals surface area contributed by atoms with Gasteiger partial charge in [-0.1, -0.05) is 110 Å². The second-order valence-corrected chi connectivity index (χ2v) is 17.9. The van der Waals surface area contributed by atoms with Gasteiger partial charge in [-0.2, -0.15) is 0 Å². The molecule has 6 rings (SSSR count). The van der Waals surface area contributed by atoms with Crippen LogP contribution in [0.25, 0.3) is 0 Å². The molecule has 4 aromatic carbocycles. The Bertz CT molecular complexity index is 1470. The van der Waals surface area contributed by atoms with Gasteiger partial charge in [0.1, 0.15) is 0 Å². The lowest BCUT2D eigenvalue weighted by Gasteiger charge is -2.46. The van der Waals surface area contributed by atoms with Gasteiger partial charge in [0.2, 0.25) is 0 Å². The van der Waals surface area contributed by atoms with E-state index in [4.69, 9.17) is 4.52 Å². The lowest BCUT2D eigenvalue weighted by Crippen LogP contribution is -2.44. The van der Waals surface area contributed by atoms with Crippen molar-refractivity contribution in [2.45, 2.75) is 80.8 Å². The molecule has 0 N–H and O–H groups in total. The van der Waals surface area contributed by atoms with E-state index in [-0.39, 0.29) is 16.9 Å². The topological polar surface area (TPSA) is 9.23 Å². The van der Waals surface area contributed by atoms with Gasteiger partial charge in [-0.3, -0.25) is 0 Å². The molecule has 2 aliphatic carbocycles. The van der Waals surface area contributed by atoms with Crippen molar-refractivity contribution in [2.24, 2.45) is 16.7 Å². The maximum atomic E-state index is 7.81. The molecule has 2 bridgehead atoms. The van der Waals surface area contributed by atoms with Gasteiger partial charge < -0.3 is 4.52 Å². The molecule has 0 aliphatic heterocycles. The zero-order chi connectivity index (χ0) is 30.5. The van der Waals surface area contributed by atoms with Crippen LogP contribution in [-0.2, 0) is 4.52 Å². The Morgan fingerprint density at radius 3 is 1.53 bits per heavy atom. The van der Waals surface area contributed by atoms with E-state index in [2.05, 4.69) is 140 Å². The third-order valence-corrected chi connectivity index (χ3v) is 16.3. The Hall–Kier alpha value is -2.30. The van der Waals surface area contributed by atoms with E-state index in [1.807, 2.05) is 0 Å². The summed E-state index contributed by atoms with van der Waals surface area (Å²) in [5, 5.41) is 5.83. The summed E-state index contributed by atoms with van der Waals surface area (Å²) in [5.74, 6) is 0.707. The summed E-state index contributed by atoms with van der Waals surface area (Å²) in [5.41, 5.74) is 8.52. The first kappa shape index (κ1) is 30.7. The minimum atomic E-state index is -0.981. The van der Waals surface area contributed by atoms with Crippen molar-refractivity contribution in [3.63, 3.8) is 0 Å². The quantitative estimate of drug-likeness (QED) is 0.182. The molecule has 0 unspecified atom stereocenters. The standard InChI is InChI=1S/C40H48OP2/c1-27-21-29(3)37(30(4)22-27)43(38-31(5)23-28(2)24-32(38)6)41-36-25-33-19-20-40(36,39(33,7)8)26-42(34-15-11-9-12-16-34)35-17-13-10-14-18-35/h9-18,21-24,33,36H,19-20,25-26H2,1-8H3/t33-,36-,40-/m1/s1. The predicted molar refractivity (Wildman–Crippen MR) is 190 cm³/mol. The van der Waals surface area contributed by atoms with Crippen LogP contribution < -0.4 is 21.2 Å². The number of benzene rings is 4. The summed E-state index contributed by atoms with van der Waals surface area (Å²) in [6, 6.07) is 32.1. The van der Waals surface area contributed by atoms with Gasteiger partial charge in [0.05, 0.1) is 14.3 Å². The summed E-state index contributed by atoms with van der Waals surface area (Å²) in [4.78, 5) is 0. The van der Waals surface area contributed by atoms with Crippen molar-refractivity contribution < 1.29 is 4.52 Å². The van der Waals surface area contributed by atoms with E-state index in [1.165, 1.54) is 80.0 Å². The minimum Gasteiger partial charge on any atom is -0.346 e. The van der Waals surface area contributed by atoms with Crippen LogP contribution in [-0.4, -0.2) is 12.3 Å². The monoisotopic (exact) mass is 606 g/mol. The Balaban J connectivity index is 1.48. The highest BCUT2D eigenvalue weighted by Gasteiger charge is 2.65. The third kappa shape index (κ3) is 5.46. The van der Waals surface area contributed by atoms with Crippen molar-refractivity contribution in [3.8, 4) is 0 Å². The highest BCUT2D eigenvalue weighted by Crippen LogP contribution is 2.70. The zero-order valence-electron chi connectivity index (χ0n) is 27.4. The molecule has 0 saturated heterocycles. The Labute approximate surface area is 263 Å². The Morgan fingerprint density at radius 2 is 1.12 bits per heavy atom. The average Bonchev–Trinajstić information content (AvgIpc) is 3.31. The van der Waals surface area contributed by atoms with E-state index in [0.29, 0.717) is 5.92 Å². The van der Waals surface area contributed by atoms with Crippen molar-refractivity contribution in [3.05, 3.63) is 118 Å². The van der Waals surface area contributed by atoms with Crippen molar-refractivity contribution in [1.29, 1.82) is 0 Å². The number of fused-ring (bicyclic) bond motifs is 2. The van der Waals surface area contributed by atoms with E-state index in [9.17, 15) is 0 Å². The largest absolute Gasteiger partial charge is 0.346 e. The van der Waals surface area contributed by atoms with Crippen LogP contribution in [0.4, 0.5) is 0 Å². The molecule has 3 heteroatoms. The number of aryl methyl sites for hydroxylation is 6. The van der Waals surface area contributed by atoms with Crippen LogP contribution in [0.2, 0.25) is 0 Å². The maximum Gasteiger partial charge on any atom is 0.0932 e. The molecule has 4 aromatic rings. The van der Waals surface area contributed by atoms with Gasteiger partial charge >= 0.3 is 0 Å². The summed E-state index contributed by atoms with van der Waals surface area (Å²) < 4.78 is 7.81. The van der Waals surface area contributed by atoms with Gasteiger partial charge in [0.25, 0.3) is 0 Å². The molecule has 0 aromatic heterocycles. The molecule has 3 atom stereocenters. The highest BCUT2D eigenvalue weighted by atomic mass is 31.1. The predicted octanol–water partition coefficient (Wildman–Crippen LogP) is 9.23. The fourth-order valence-corrected chi connectivity index (χ4v) is 14.3.